The number of phenolic OH excluding ortho intramolecular Hbond substituents is 3. The average molecular weight is 812 g/mol. The Morgan fingerprint density at radius 3 is 2.42 bits per heavy atom. The smallest absolute Gasteiger partial charge is 0.472 e. The van der Waals surface area contributed by atoms with Gasteiger partial charge < -0.3 is 65.0 Å². The lowest BCUT2D eigenvalue weighted by atomic mass is 9.92. The van der Waals surface area contributed by atoms with Gasteiger partial charge in [0, 0.05) is 17.7 Å². The van der Waals surface area contributed by atoms with Gasteiger partial charge in [-0.25, -0.2) is 19.5 Å². The maximum atomic E-state index is 13.5. The molecule has 5 aromatic rings. The number of ether oxygens (including phenoxy) is 5. The molecule has 1 unspecified atom stereocenters. The van der Waals surface area contributed by atoms with Gasteiger partial charge in [-0.15, -0.1) is 0 Å². The van der Waals surface area contributed by atoms with Crippen LogP contribution < -0.4 is 24.7 Å². The third kappa shape index (κ3) is 6.89. The highest BCUT2D eigenvalue weighted by Crippen LogP contribution is 2.51. The first-order valence-corrected chi connectivity index (χ1v) is 18.6. The molecule has 5 heterocycles. The quantitative estimate of drug-likeness (QED) is 0.0928. The molecule has 0 aliphatic carbocycles. The number of imidazole rings is 1. The molecule has 9 N–H and O–H groups in total. The minimum Gasteiger partial charge on any atom is -0.508 e. The Labute approximate surface area is 320 Å². The van der Waals surface area contributed by atoms with E-state index in [1.807, 2.05) is 0 Å². The molecule has 300 valence electrons. The fourth-order valence-electron chi connectivity index (χ4n) is 6.90. The van der Waals surface area contributed by atoms with Crippen LogP contribution in [0.5, 0.6) is 40.2 Å². The van der Waals surface area contributed by atoms with E-state index >= 15 is 0 Å². The monoisotopic (exact) mass is 811 g/mol. The number of ketones is 1. The summed E-state index contributed by atoms with van der Waals surface area (Å²) >= 11 is 0. The first kappa shape index (κ1) is 38.1. The van der Waals surface area contributed by atoms with Crippen molar-refractivity contribution in [3.63, 3.8) is 0 Å². The number of nitrogens with zero attached hydrogens (tertiary/aromatic N) is 4. The predicted molar refractivity (Wildman–Crippen MR) is 190 cm³/mol. The molecule has 3 aromatic carbocycles. The fraction of sp³-hybridized carbons (Fsp3) is 0.314. The molecule has 8 rings (SSSR count). The number of anilines is 1. The molecule has 0 radical (unpaired) electrons. The molecule has 9 atom stereocenters. The number of aromatic hydroxyl groups is 3. The maximum absolute atomic E-state index is 13.5. The lowest BCUT2D eigenvalue weighted by molar-refractivity contribution is -0.0520. The minimum absolute atomic E-state index is 0.0635. The zero-order chi connectivity index (χ0) is 40.3. The van der Waals surface area contributed by atoms with Gasteiger partial charge in [-0.05, 0) is 29.8 Å². The van der Waals surface area contributed by atoms with E-state index in [0.717, 1.165) is 12.1 Å². The van der Waals surface area contributed by atoms with Gasteiger partial charge in [0.05, 0.1) is 26.7 Å². The zero-order valence-corrected chi connectivity index (χ0v) is 30.3. The average Bonchev–Trinajstić information content (AvgIpc) is 3.75. The molecular formula is C35H34N5O16P. The van der Waals surface area contributed by atoms with Crippen LogP contribution in [0, 0.1) is 0 Å². The number of aromatic nitrogens is 4. The minimum atomic E-state index is -5.09. The summed E-state index contributed by atoms with van der Waals surface area (Å²) in [6, 6.07) is 10.7. The summed E-state index contributed by atoms with van der Waals surface area (Å²) in [6.45, 7) is -1.38. The molecule has 1 saturated heterocycles. The number of aliphatic hydroxyl groups excluding tert-OH is 3. The summed E-state index contributed by atoms with van der Waals surface area (Å²) in [5.74, 6) is -1.81. The van der Waals surface area contributed by atoms with Crippen molar-refractivity contribution in [1.82, 2.24) is 19.5 Å². The summed E-state index contributed by atoms with van der Waals surface area (Å²) in [7, 11) is -3.76. The second-order valence-corrected chi connectivity index (χ2v) is 14.6. The topological polar surface area (TPSA) is 310 Å². The SMILES string of the molecule is COc1cc([C@H]2Oc3cc([C@H]4Oc5cc(O)cc(O)c5C(=O)[C@@H]4O)ccc3O[C@@H]2COP(=O)(O)O[C@H]2[C@@H](O)[C@H](n3cnc4c(N)ncnc43)O[C@@H]2CO)ccc1O. The molecule has 0 bridgehead atoms. The Bertz CT molecular complexity index is 2410. The van der Waals surface area contributed by atoms with E-state index in [0.29, 0.717) is 5.56 Å². The number of nitrogens with two attached hydrogens (primary N) is 1. The van der Waals surface area contributed by atoms with Crippen molar-refractivity contribution in [2.24, 2.45) is 0 Å². The first-order chi connectivity index (χ1) is 27.3. The summed E-state index contributed by atoms with van der Waals surface area (Å²) in [5, 5.41) is 62.6. The number of rotatable bonds is 10. The van der Waals surface area contributed by atoms with E-state index in [2.05, 4.69) is 15.0 Å². The van der Waals surface area contributed by atoms with Crippen LogP contribution in [0.4, 0.5) is 5.82 Å². The van der Waals surface area contributed by atoms with Gasteiger partial charge in [0.2, 0.25) is 5.78 Å². The van der Waals surface area contributed by atoms with Crippen molar-refractivity contribution in [3.05, 3.63) is 77.9 Å². The van der Waals surface area contributed by atoms with E-state index < -0.39 is 81.5 Å². The molecule has 3 aliphatic rings. The fourth-order valence-corrected chi connectivity index (χ4v) is 7.87. The highest BCUT2D eigenvalue weighted by molar-refractivity contribution is 7.47. The number of phosphoric ester groups is 1. The number of phenols is 3. The van der Waals surface area contributed by atoms with Gasteiger partial charge in [0.1, 0.15) is 53.0 Å². The number of benzene rings is 3. The highest BCUT2D eigenvalue weighted by Gasteiger charge is 2.50. The van der Waals surface area contributed by atoms with Crippen molar-refractivity contribution in [1.29, 1.82) is 0 Å². The van der Waals surface area contributed by atoms with Crippen LogP contribution in [0.3, 0.4) is 0 Å². The van der Waals surface area contributed by atoms with Crippen LogP contribution in [-0.2, 0) is 18.3 Å². The lowest BCUT2D eigenvalue weighted by Gasteiger charge is -2.36. The second-order valence-electron chi connectivity index (χ2n) is 13.2. The van der Waals surface area contributed by atoms with Crippen molar-refractivity contribution in [2.45, 2.75) is 49.0 Å². The number of nitrogen functional groups attached to an aromatic ring is 1. The summed E-state index contributed by atoms with van der Waals surface area (Å²) in [5.41, 5.74) is 6.57. The Kier molecular flexibility index (Phi) is 9.78. The number of aliphatic hydroxyl groups is 3. The Hall–Kier alpha value is -5.77. The summed E-state index contributed by atoms with van der Waals surface area (Å²) < 4.78 is 55.0. The van der Waals surface area contributed by atoms with Gasteiger partial charge in [-0.3, -0.25) is 18.4 Å². The predicted octanol–water partition coefficient (Wildman–Crippen LogP) is 1.55. The number of carbonyl (C=O) groups excluding carboxylic acids is 1. The number of phosphoric acid groups is 1. The highest BCUT2D eigenvalue weighted by atomic mass is 31.2. The molecule has 22 heteroatoms. The van der Waals surface area contributed by atoms with Gasteiger partial charge >= 0.3 is 7.82 Å². The molecule has 1 fully saturated rings. The number of fused-ring (bicyclic) bond motifs is 3. The Morgan fingerprint density at radius 2 is 1.65 bits per heavy atom. The van der Waals surface area contributed by atoms with Crippen LogP contribution >= 0.6 is 7.82 Å². The van der Waals surface area contributed by atoms with Crippen molar-refractivity contribution in [2.75, 3.05) is 26.1 Å². The van der Waals surface area contributed by atoms with Crippen molar-refractivity contribution < 1.29 is 77.6 Å². The van der Waals surface area contributed by atoms with E-state index in [4.69, 9.17) is 38.5 Å². The molecule has 0 amide bonds. The van der Waals surface area contributed by atoms with Crippen LogP contribution in [0.15, 0.2) is 61.2 Å². The van der Waals surface area contributed by atoms with Crippen LogP contribution in [0.1, 0.15) is 39.9 Å². The zero-order valence-electron chi connectivity index (χ0n) is 29.4. The summed E-state index contributed by atoms with van der Waals surface area (Å²) in [6.07, 6.45) is -8.73. The van der Waals surface area contributed by atoms with Crippen LogP contribution in [-0.4, -0.2) is 112 Å². The van der Waals surface area contributed by atoms with E-state index in [-0.39, 0.29) is 62.6 Å². The standard InChI is InChI=1S/C35H34N5O16P/c1-50-20-6-14(2-4-17(20)43)30-24(52-19-5-3-15(7-21(19)53-30)31-28(46)27(45)25-18(44)8-16(42)9-22(25)54-31)11-51-57(48,49)56-32-23(10-41)55-35(29(32)47)40-13-39-26-33(36)37-12-38-34(26)40/h2-9,12-13,23-24,28-32,35,41-44,46-47H,10-11H2,1H3,(H,48,49)(H2,36,37,38)/t23-,24-,28+,29-,30-,31-,32-,35-/m1/s1. The van der Waals surface area contributed by atoms with E-state index in [1.54, 1.807) is 0 Å². The molecule has 3 aliphatic heterocycles. The molecule has 0 spiro atoms. The van der Waals surface area contributed by atoms with E-state index in [9.17, 15) is 44.9 Å². The van der Waals surface area contributed by atoms with Crippen molar-refractivity contribution >= 4 is 30.6 Å². The van der Waals surface area contributed by atoms with Crippen LogP contribution in [0.2, 0.25) is 0 Å². The third-order valence-electron chi connectivity index (χ3n) is 9.63. The lowest BCUT2D eigenvalue weighted by Crippen LogP contribution is -2.38. The molecule has 21 nitrogen and oxygen atoms in total. The number of Topliss-reactive ketones (excluding diaryl/α,β-unsaturated/α-hetero) is 1. The van der Waals surface area contributed by atoms with Gasteiger partial charge in [-0.2, -0.15) is 0 Å². The number of methoxy groups -OCH3 is 1. The molecule has 57 heavy (non-hydrogen) atoms. The van der Waals surface area contributed by atoms with Gasteiger partial charge in [0.25, 0.3) is 0 Å². The Balaban J connectivity index is 1.04. The number of hydrogen-bond acceptors (Lipinski definition) is 19. The summed E-state index contributed by atoms with van der Waals surface area (Å²) in [4.78, 5) is 36.1. The second kappa shape index (κ2) is 14.6. The van der Waals surface area contributed by atoms with Gasteiger partial charge in [0.15, 0.2) is 65.1 Å². The van der Waals surface area contributed by atoms with Crippen LogP contribution in [0.25, 0.3) is 11.2 Å². The largest absolute Gasteiger partial charge is 0.508 e. The number of hydrogen-bond donors (Lipinski definition) is 8. The molecular weight excluding hydrogens is 777 g/mol. The number of carbonyl (C=O) groups is 1. The normalized spacial score (nSPS) is 26.4. The Morgan fingerprint density at radius 1 is 0.895 bits per heavy atom. The third-order valence-corrected chi connectivity index (χ3v) is 10.6. The van der Waals surface area contributed by atoms with Gasteiger partial charge in [-0.1, -0.05) is 12.1 Å². The first-order valence-electron chi connectivity index (χ1n) is 17.1. The molecule has 2 aromatic heterocycles. The van der Waals surface area contributed by atoms with Crippen molar-refractivity contribution in [3.8, 4) is 40.2 Å². The molecule has 0 saturated carbocycles. The maximum Gasteiger partial charge on any atom is 0.472 e. The van der Waals surface area contributed by atoms with E-state index in [1.165, 1.54) is 60.7 Å².